The molecule has 0 spiro atoms. The predicted octanol–water partition coefficient (Wildman–Crippen LogP) is 4.39. The highest BCUT2D eigenvalue weighted by molar-refractivity contribution is 6.30. The first-order valence-corrected chi connectivity index (χ1v) is 11.5. The molecule has 7 heteroatoms. The summed E-state index contributed by atoms with van der Waals surface area (Å²) in [4.78, 5) is 28.0. The van der Waals surface area contributed by atoms with E-state index in [4.69, 9.17) is 11.6 Å². The van der Waals surface area contributed by atoms with E-state index < -0.39 is 0 Å². The van der Waals surface area contributed by atoms with Crippen molar-refractivity contribution in [2.24, 2.45) is 0 Å². The van der Waals surface area contributed by atoms with Crippen LogP contribution in [0.25, 0.3) is 0 Å². The molecule has 0 saturated heterocycles. The number of hydrogen-bond donors (Lipinski definition) is 1. The number of nitrogens with one attached hydrogen (secondary N) is 1. The number of benzene rings is 2. The molecule has 2 heterocycles. The number of nitrogens with zero attached hydrogens (tertiary/aromatic N) is 3. The number of aromatic nitrogens is 2. The standard InChI is InChI=1S/C25H25ClN4O2/c26-19-11-9-17(10-12-19)16-29-13-4-14-30-23(25(29)32)15-22(28-30)24(31)27-21-8-3-6-18-5-1-2-7-20(18)21/h1-2,5,7,9-12,15,21H,3-4,6,8,13-14,16H2,(H,27,31). The summed E-state index contributed by atoms with van der Waals surface area (Å²) in [7, 11) is 0. The smallest absolute Gasteiger partial charge is 0.272 e. The molecule has 1 aliphatic heterocycles. The second-order valence-electron chi connectivity index (χ2n) is 8.46. The van der Waals surface area contributed by atoms with Gasteiger partial charge in [0.25, 0.3) is 11.8 Å². The molecule has 6 nitrogen and oxygen atoms in total. The fourth-order valence-corrected chi connectivity index (χ4v) is 4.77. The Morgan fingerprint density at radius 3 is 2.75 bits per heavy atom. The van der Waals surface area contributed by atoms with Gasteiger partial charge in [-0.15, -0.1) is 0 Å². The third-order valence-corrected chi connectivity index (χ3v) is 6.53. The molecule has 1 unspecified atom stereocenters. The van der Waals surface area contributed by atoms with Crippen LogP contribution >= 0.6 is 11.6 Å². The molecule has 1 atom stereocenters. The summed E-state index contributed by atoms with van der Waals surface area (Å²) in [6, 6.07) is 17.4. The maximum Gasteiger partial charge on any atom is 0.272 e. The Kier molecular flexibility index (Phi) is 5.70. The summed E-state index contributed by atoms with van der Waals surface area (Å²) in [5, 5.41) is 8.28. The summed E-state index contributed by atoms with van der Waals surface area (Å²) in [5.74, 6) is -0.337. The Morgan fingerprint density at radius 2 is 1.91 bits per heavy atom. The molecule has 5 rings (SSSR count). The first kappa shape index (κ1) is 20.8. The molecule has 0 saturated carbocycles. The molecule has 3 aromatic rings. The summed E-state index contributed by atoms with van der Waals surface area (Å²) in [6.07, 6.45) is 3.77. The molecule has 1 N–H and O–H groups in total. The van der Waals surface area contributed by atoms with Crippen molar-refractivity contribution in [1.29, 1.82) is 0 Å². The maximum absolute atomic E-state index is 13.2. The Balaban J connectivity index is 1.33. The number of carbonyl (C=O) groups excluding carboxylic acids is 2. The molecular formula is C25H25ClN4O2. The number of aryl methyl sites for hydroxylation is 2. The summed E-state index contributed by atoms with van der Waals surface area (Å²) >= 11 is 5.98. The highest BCUT2D eigenvalue weighted by Gasteiger charge is 2.28. The van der Waals surface area contributed by atoms with E-state index in [1.54, 1.807) is 10.7 Å². The monoisotopic (exact) mass is 448 g/mol. The lowest BCUT2D eigenvalue weighted by molar-refractivity contribution is 0.0745. The topological polar surface area (TPSA) is 67.2 Å². The fraction of sp³-hybridized carbons (Fsp3) is 0.320. The molecule has 164 valence electrons. The van der Waals surface area contributed by atoms with Crippen LogP contribution in [0.3, 0.4) is 0 Å². The van der Waals surface area contributed by atoms with E-state index in [1.165, 1.54) is 11.1 Å². The Labute approximate surface area is 192 Å². The molecule has 2 aliphatic rings. The number of amides is 2. The van der Waals surface area contributed by atoms with Crippen LogP contribution in [-0.2, 0) is 19.5 Å². The minimum atomic E-state index is -0.232. The van der Waals surface area contributed by atoms with Crippen molar-refractivity contribution in [3.05, 3.63) is 87.7 Å². The van der Waals surface area contributed by atoms with E-state index in [1.807, 2.05) is 41.3 Å². The minimum absolute atomic E-state index is 0.0222. The first-order valence-electron chi connectivity index (χ1n) is 11.1. The average Bonchev–Trinajstić information content (AvgIpc) is 3.18. The van der Waals surface area contributed by atoms with Crippen LogP contribution in [0.15, 0.2) is 54.6 Å². The molecule has 0 bridgehead atoms. The average molecular weight is 449 g/mol. The number of rotatable bonds is 4. The summed E-state index contributed by atoms with van der Waals surface area (Å²) in [5.41, 5.74) is 4.25. The third kappa shape index (κ3) is 4.15. The zero-order valence-corrected chi connectivity index (χ0v) is 18.5. The number of hydrogen-bond acceptors (Lipinski definition) is 3. The van der Waals surface area contributed by atoms with Crippen molar-refractivity contribution in [2.45, 2.75) is 44.8 Å². The fourth-order valence-electron chi connectivity index (χ4n) is 4.64. The van der Waals surface area contributed by atoms with Gasteiger partial charge in [0.15, 0.2) is 5.69 Å². The van der Waals surface area contributed by atoms with Crippen LogP contribution in [0.2, 0.25) is 5.02 Å². The molecule has 1 aliphatic carbocycles. The molecule has 0 radical (unpaired) electrons. The van der Waals surface area contributed by atoms with Gasteiger partial charge >= 0.3 is 0 Å². The molecule has 2 amide bonds. The Morgan fingerprint density at radius 1 is 1.09 bits per heavy atom. The Hall–Kier alpha value is -3.12. The van der Waals surface area contributed by atoms with Crippen LogP contribution < -0.4 is 5.32 Å². The molecule has 2 aromatic carbocycles. The quantitative estimate of drug-likeness (QED) is 0.643. The second-order valence-corrected chi connectivity index (χ2v) is 8.90. The summed E-state index contributed by atoms with van der Waals surface area (Å²) in [6.45, 7) is 1.75. The lowest BCUT2D eigenvalue weighted by atomic mass is 9.87. The van der Waals surface area contributed by atoms with Gasteiger partial charge in [-0.05, 0) is 54.5 Å². The van der Waals surface area contributed by atoms with Gasteiger partial charge in [-0.25, -0.2) is 0 Å². The van der Waals surface area contributed by atoms with E-state index in [0.29, 0.717) is 36.0 Å². The maximum atomic E-state index is 13.2. The SMILES string of the molecule is O=C(NC1CCCc2ccccc21)c1cc2n(n1)CCCN(Cc1ccc(Cl)cc1)C2=O. The number of fused-ring (bicyclic) bond motifs is 2. The van der Waals surface area contributed by atoms with Gasteiger partial charge in [-0.3, -0.25) is 14.3 Å². The first-order chi connectivity index (χ1) is 15.6. The van der Waals surface area contributed by atoms with Crippen molar-refractivity contribution in [3.63, 3.8) is 0 Å². The van der Waals surface area contributed by atoms with Gasteiger partial charge in [0.1, 0.15) is 5.69 Å². The lowest BCUT2D eigenvalue weighted by Crippen LogP contribution is -2.31. The van der Waals surface area contributed by atoms with Gasteiger partial charge in [0.2, 0.25) is 0 Å². The van der Waals surface area contributed by atoms with Gasteiger partial charge in [0.05, 0.1) is 6.04 Å². The van der Waals surface area contributed by atoms with E-state index in [2.05, 4.69) is 22.5 Å². The lowest BCUT2D eigenvalue weighted by Gasteiger charge is -2.26. The largest absolute Gasteiger partial charge is 0.344 e. The normalized spacial score (nSPS) is 18.0. The number of halogens is 1. The van der Waals surface area contributed by atoms with Crippen molar-refractivity contribution < 1.29 is 9.59 Å². The number of carbonyl (C=O) groups is 2. The van der Waals surface area contributed by atoms with Crippen LogP contribution in [0, 0.1) is 0 Å². The van der Waals surface area contributed by atoms with Crippen LogP contribution in [0.4, 0.5) is 0 Å². The predicted molar refractivity (Wildman–Crippen MR) is 123 cm³/mol. The third-order valence-electron chi connectivity index (χ3n) is 6.28. The van der Waals surface area contributed by atoms with Crippen molar-refractivity contribution in [1.82, 2.24) is 20.0 Å². The van der Waals surface area contributed by atoms with Crippen molar-refractivity contribution in [2.75, 3.05) is 6.54 Å². The zero-order chi connectivity index (χ0) is 22.1. The molecule has 0 fully saturated rings. The van der Waals surface area contributed by atoms with Crippen LogP contribution in [-0.4, -0.2) is 33.0 Å². The van der Waals surface area contributed by atoms with E-state index >= 15 is 0 Å². The second kappa shape index (κ2) is 8.79. The zero-order valence-electron chi connectivity index (χ0n) is 17.8. The molecule has 32 heavy (non-hydrogen) atoms. The van der Waals surface area contributed by atoms with E-state index in [9.17, 15) is 9.59 Å². The van der Waals surface area contributed by atoms with Crippen LogP contribution in [0.1, 0.15) is 63.0 Å². The van der Waals surface area contributed by atoms with Crippen LogP contribution in [0.5, 0.6) is 0 Å². The minimum Gasteiger partial charge on any atom is -0.344 e. The molecular weight excluding hydrogens is 424 g/mol. The van der Waals surface area contributed by atoms with Gasteiger partial charge in [-0.2, -0.15) is 5.10 Å². The van der Waals surface area contributed by atoms with Crippen molar-refractivity contribution in [3.8, 4) is 0 Å². The van der Waals surface area contributed by atoms with Gasteiger partial charge in [-0.1, -0.05) is 48.0 Å². The van der Waals surface area contributed by atoms with Gasteiger partial charge < -0.3 is 10.2 Å². The Bertz CT molecular complexity index is 1160. The highest BCUT2D eigenvalue weighted by Crippen LogP contribution is 2.29. The van der Waals surface area contributed by atoms with Gasteiger partial charge in [0, 0.05) is 30.7 Å². The molecule has 1 aromatic heterocycles. The van der Waals surface area contributed by atoms with Crippen molar-refractivity contribution >= 4 is 23.4 Å². The van der Waals surface area contributed by atoms with E-state index in [-0.39, 0.29) is 17.9 Å². The highest BCUT2D eigenvalue weighted by atomic mass is 35.5. The van der Waals surface area contributed by atoms with E-state index in [0.717, 1.165) is 31.2 Å². The summed E-state index contributed by atoms with van der Waals surface area (Å²) < 4.78 is 1.67.